The van der Waals surface area contributed by atoms with Gasteiger partial charge in [-0.3, -0.25) is 9.59 Å². The minimum absolute atomic E-state index is 0.113. The molecular formula is C18H27N3O2. The van der Waals surface area contributed by atoms with E-state index < -0.39 is 0 Å². The molecule has 5 heteroatoms. The van der Waals surface area contributed by atoms with Gasteiger partial charge in [0.25, 0.3) is 0 Å². The standard InChI is InChI=1S/C18H27N3O2/c19-15(13-7-3-1-4-8-13)11-18(23)21-16(12-17(20)22)14-9-5-2-6-10-14/h1,3-4,7-8,14-16H,2,5-6,9-12,19H2,(H2,20,22)(H,21,23). The predicted molar refractivity (Wildman–Crippen MR) is 90.3 cm³/mol. The Bertz CT molecular complexity index is 512. The minimum atomic E-state index is -0.367. The second-order valence-electron chi connectivity index (χ2n) is 6.46. The van der Waals surface area contributed by atoms with E-state index in [1.54, 1.807) is 0 Å². The van der Waals surface area contributed by atoms with Gasteiger partial charge in [-0.05, 0) is 24.3 Å². The third-order valence-corrected chi connectivity index (χ3v) is 4.62. The first-order valence-electron chi connectivity index (χ1n) is 8.44. The van der Waals surface area contributed by atoms with Crippen molar-refractivity contribution in [3.05, 3.63) is 35.9 Å². The fourth-order valence-corrected chi connectivity index (χ4v) is 3.37. The fourth-order valence-electron chi connectivity index (χ4n) is 3.37. The van der Waals surface area contributed by atoms with Crippen LogP contribution in [0.25, 0.3) is 0 Å². The maximum absolute atomic E-state index is 12.3. The molecule has 2 amide bonds. The Morgan fingerprint density at radius 3 is 2.35 bits per heavy atom. The summed E-state index contributed by atoms with van der Waals surface area (Å²) in [6.07, 6.45) is 6.04. The molecule has 0 saturated heterocycles. The first kappa shape index (κ1) is 17.5. The van der Waals surface area contributed by atoms with Crippen molar-refractivity contribution in [3.63, 3.8) is 0 Å². The highest BCUT2D eigenvalue weighted by atomic mass is 16.2. The normalized spacial score (nSPS) is 18.1. The molecule has 0 spiro atoms. The van der Waals surface area contributed by atoms with Crippen LogP contribution in [0.4, 0.5) is 0 Å². The maximum Gasteiger partial charge on any atom is 0.222 e. The van der Waals surface area contributed by atoms with E-state index in [2.05, 4.69) is 5.32 Å². The average molecular weight is 317 g/mol. The molecule has 1 aliphatic carbocycles. The van der Waals surface area contributed by atoms with Gasteiger partial charge < -0.3 is 16.8 Å². The van der Waals surface area contributed by atoms with Gasteiger partial charge in [-0.25, -0.2) is 0 Å². The van der Waals surface area contributed by atoms with E-state index in [-0.39, 0.29) is 36.7 Å². The molecule has 5 N–H and O–H groups in total. The van der Waals surface area contributed by atoms with E-state index in [1.807, 2.05) is 30.3 Å². The molecule has 1 fully saturated rings. The van der Waals surface area contributed by atoms with Crippen LogP contribution in [-0.4, -0.2) is 17.9 Å². The van der Waals surface area contributed by atoms with Crippen molar-refractivity contribution in [2.75, 3.05) is 0 Å². The van der Waals surface area contributed by atoms with Gasteiger partial charge >= 0.3 is 0 Å². The summed E-state index contributed by atoms with van der Waals surface area (Å²) in [4.78, 5) is 23.6. The van der Waals surface area contributed by atoms with Crippen molar-refractivity contribution in [1.82, 2.24) is 5.32 Å². The third kappa shape index (κ3) is 5.67. The monoisotopic (exact) mass is 317 g/mol. The summed E-state index contributed by atoms with van der Waals surface area (Å²) in [5.41, 5.74) is 12.4. The summed E-state index contributed by atoms with van der Waals surface area (Å²) in [5, 5.41) is 3.00. The summed E-state index contributed by atoms with van der Waals surface area (Å²) in [6.45, 7) is 0. The van der Waals surface area contributed by atoms with Gasteiger partial charge in [0.1, 0.15) is 0 Å². The Kier molecular flexibility index (Phi) is 6.59. The zero-order valence-electron chi connectivity index (χ0n) is 13.5. The van der Waals surface area contributed by atoms with E-state index in [1.165, 1.54) is 6.42 Å². The van der Waals surface area contributed by atoms with Crippen molar-refractivity contribution in [2.45, 2.75) is 57.0 Å². The minimum Gasteiger partial charge on any atom is -0.370 e. The molecule has 0 heterocycles. The van der Waals surface area contributed by atoms with E-state index in [0.717, 1.165) is 31.2 Å². The first-order chi connectivity index (χ1) is 11.1. The molecule has 126 valence electrons. The molecule has 0 bridgehead atoms. The SMILES string of the molecule is NC(=O)CC(NC(=O)CC(N)c1ccccc1)C1CCCCC1. The smallest absolute Gasteiger partial charge is 0.222 e. The van der Waals surface area contributed by atoms with Crippen molar-refractivity contribution in [2.24, 2.45) is 17.4 Å². The largest absolute Gasteiger partial charge is 0.370 e. The number of carbonyl (C=O) groups is 2. The predicted octanol–water partition coefficient (Wildman–Crippen LogP) is 2.02. The summed E-state index contributed by atoms with van der Waals surface area (Å²) in [5.74, 6) is -0.139. The van der Waals surface area contributed by atoms with Gasteiger partial charge in [0.15, 0.2) is 0 Å². The quantitative estimate of drug-likeness (QED) is 0.717. The number of benzene rings is 1. The summed E-state index contributed by atoms with van der Waals surface area (Å²) >= 11 is 0. The van der Waals surface area contributed by atoms with Gasteiger partial charge in [0.2, 0.25) is 11.8 Å². The van der Waals surface area contributed by atoms with Gasteiger partial charge in [-0.2, -0.15) is 0 Å². The van der Waals surface area contributed by atoms with Crippen LogP contribution >= 0.6 is 0 Å². The highest BCUT2D eigenvalue weighted by Gasteiger charge is 2.27. The second-order valence-corrected chi connectivity index (χ2v) is 6.46. The van der Waals surface area contributed by atoms with Gasteiger partial charge in [-0.1, -0.05) is 49.6 Å². The van der Waals surface area contributed by atoms with Gasteiger partial charge in [0, 0.05) is 24.9 Å². The topological polar surface area (TPSA) is 98.2 Å². The third-order valence-electron chi connectivity index (χ3n) is 4.62. The van der Waals surface area contributed by atoms with Crippen LogP contribution in [-0.2, 0) is 9.59 Å². The lowest BCUT2D eigenvalue weighted by Gasteiger charge is -2.30. The van der Waals surface area contributed by atoms with Crippen LogP contribution in [0.3, 0.4) is 0 Å². The number of primary amides is 1. The zero-order valence-corrected chi connectivity index (χ0v) is 13.5. The fraction of sp³-hybridized carbons (Fsp3) is 0.556. The second kappa shape index (κ2) is 8.67. The molecule has 1 aliphatic rings. The maximum atomic E-state index is 12.3. The summed E-state index contributed by atoms with van der Waals surface area (Å²) in [7, 11) is 0. The molecular weight excluding hydrogens is 290 g/mol. The van der Waals surface area contributed by atoms with E-state index in [0.29, 0.717) is 5.92 Å². The summed E-state index contributed by atoms with van der Waals surface area (Å²) in [6, 6.07) is 9.07. The molecule has 1 saturated carbocycles. The molecule has 0 radical (unpaired) electrons. The van der Waals surface area contributed by atoms with Crippen molar-refractivity contribution in [3.8, 4) is 0 Å². The van der Waals surface area contributed by atoms with Crippen molar-refractivity contribution in [1.29, 1.82) is 0 Å². The Morgan fingerprint density at radius 2 is 1.74 bits per heavy atom. The van der Waals surface area contributed by atoms with Crippen LogP contribution in [0.2, 0.25) is 0 Å². The lowest BCUT2D eigenvalue weighted by atomic mass is 9.82. The molecule has 1 aromatic rings. The van der Waals surface area contributed by atoms with Crippen LogP contribution in [0.5, 0.6) is 0 Å². The van der Waals surface area contributed by atoms with Crippen LogP contribution in [0, 0.1) is 5.92 Å². The number of hydrogen-bond donors (Lipinski definition) is 3. The number of nitrogens with one attached hydrogen (secondary N) is 1. The molecule has 23 heavy (non-hydrogen) atoms. The average Bonchev–Trinajstić information content (AvgIpc) is 2.55. The lowest BCUT2D eigenvalue weighted by Crippen LogP contribution is -2.44. The number of hydrogen-bond acceptors (Lipinski definition) is 3. The van der Waals surface area contributed by atoms with Crippen LogP contribution in [0.15, 0.2) is 30.3 Å². The number of carbonyl (C=O) groups excluding carboxylic acids is 2. The number of rotatable bonds is 7. The number of nitrogens with two attached hydrogens (primary N) is 2. The van der Waals surface area contributed by atoms with Gasteiger partial charge in [0.05, 0.1) is 0 Å². The van der Waals surface area contributed by atoms with E-state index in [9.17, 15) is 9.59 Å². The molecule has 1 aromatic carbocycles. The molecule has 2 unspecified atom stereocenters. The highest BCUT2D eigenvalue weighted by molar-refractivity contribution is 5.79. The Labute approximate surface area is 137 Å². The molecule has 2 atom stereocenters. The highest BCUT2D eigenvalue weighted by Crippen LogP contribution is 2.28. The van der Waals surface area contributed by atoms with Crippen LogP contribution in [0.1, 0.15) is 56.6 Å². The van der Waals surface area contributed by atoms with Gasteiger partial charge in [-0.15, -0.1) is 0 Å². The molecule has 2 rings (SSSR count). The molecule has 0 aromatic heterocycles. The Balaban J connectivity index is 1.92. The molecule has 0 aliphatic heterocycles. The Morgan fingerprint density at radius 1 is 1.09 bits per heavy atom. The number of amides is 2. The zero-order chi connectivity index (χ0) is 16.7. The first-order valence-corrected chi connectivity index (χ1v) is 8.44. The summed E-state index contributed by atoms with van der Waals surface area (Å²) < 4.78 is 0. The van der Waals surface area contributed by atoms with E-state index >= 15 is 0 Å². The molecule has 5 nitrogen and oxygen atoms in total. The Hall–Kier alpha value is -1.88. The van der Waals surface area contributed by atoms with Crippen molar-refractivity contribution < 1.29 is 9.59 Å². The lowest BCUT2D eigenvalue weighted by molar-refractivity contribution is -0.123. The van der Waals surface area contributed by atoms with Crippen molar-refractivity contribution >= 4 is 11.8 Å². The van der Waals surface area contributed by atoms with Crippen LogP contribution < -0.4 is 16.8 Å². The van der Waals surface area contributed by atoms with E-state index in [4.69, 9.17) is 11.5 Å².